The summed E-state index contributed by atoms with van der Waals surface area (Å²) in [6, 6.07) is 0. The van der Waals surface area contributed by atoms with Crippen LogP contribution in [-0.4, -0.2) is 32.8 Å². The topological polar surface area (TPSA) is 47.3 Å². The van der Waals surface area contributed by atoms with Gasteiger partial charge in [0.1, 0.15) is 0 Å². The van der Waals surface area contributed by atoms with Crippen LogP contribution in [0.4, 0.5) is 0 Å². The SMILES string of the molecule is COC(C)CNCCCC(C)CCN. The van der Waals surface area contributed by atoms with Gasteiger partial charge in [0.05, 0.1) is 6.10 Å². The maximum atomic E-state index is 5.49. The number of hydrogen-bond donors (Lipinski definition) is 2. The molecule has 0 aromatic rings. The number of methoxy groups -OCH3 is 1. The van der Waals surface area contributed by atoms with Crippen LogP contribution >= 0.6 is 0 Å². The van der Waals surface area contributed by atoms with Crippen molar-refractivity contribution in [2.45, 2.75) is 39.2 Å². The molecule has 3 N–H and O–H groups in total. The van der Waals surface area contributed by atoms with Crippen molar-refractivity contribution < 1.29 is 4.74 Å². The number of hydrogen-bond acceptors (Lipinski definition) is 3. The minimum absolute atomic E-state index is 0.316. The molecular weight excluding hydrogens is 176 g/mol. The molecule has 86 valence electrons. The van der Waals surface area contributed by atoms with Crippen LogP contribution in [0.25, 0.3) is 0 Å². The lowest BCUT2D eigenvalue weighted by Crippen LogP contribution is -2.27. The van der Waals surface area contributed by atoms with E-state index in [1.54, 1.807) is 7.11 Å². The summed E-state index contributed by atoms with van der Waals surface area (Å²) in [5.41, 5.74) is 5.49. The lowest BCUT2D eigenvalue weighted by Gasteiger charge is -2.12. The molecule has 3 heteroatoms. The zero-order chi connectivity index (χ0) is 10.8. The third kappa shape index (κ3) is 8.48. The summed E-state index contributed by atoms with van der Waals surface area (Å²) < 4.78 is 5.14. The fourth-order valence-corrected chi connectivity index (χ4v) is 1.39. The van der Waals surface area contributed by atoms with Gasteiger partial charge in [-0.15, -0.1) is 0 Å². The summed E-state index contributed by atoms with van der Waals surface area (Å²) in [5, 5.41) is 3.38. The Morgan fingerprint density at radius 1 is 1.29 bits per heavy atom. The quantitative estimate of drug-likeness (QED) is 0.555. The molecule has 0 saturated carbocycles. The van der Waals surface area contributed by atoms with Crippen LogP contribution in [0.2, 0.25) is 0 Å². The summed E-state index contributed by atoms with van der Waals surface area (Å²) in [6.45, 7) is 7.19. The van der Waals surface area contributed by atoms with Gasteiger partial charge in [-0.05, 0) is 45.2 Å². The van der Waals surface area contributed by atoms with Gasteiger partial charge in [-0.1, -0.05) is 6.92 Å². The normalized spacial score (nSPS) is 15.4. The average molecular weight is 202 g/mol. The lowest BCUT2D eigenvalue weighted by atomic mass is 10.0. The molecule has 14 heavy (non-hydrogen) atoms. The average Bonchev–Trinajstić information content (AvgIpc) is 2.17. The van der Waals surface area contributed by atoms with Crippen LogP contribution in [0.3, 0.4) is 0 Å². The highest BCUT2D eigenvalue weighted by Crippen LogP contribution is 2.07. The molecule has 0 saturated heterocycles. The van der Waals surface area contributed by atoms with Crippen molar-refractivity contribution in [3.05, 3.63) is 0 Å². The zero-order valence-corrected chi connectivity index (χ0v) is 9.88. The van der Waals surface area contributed by atoms with E-state index >= 15 is 0 Å². The molecule has 0 spiro atoms. The molecular formula is C11H26N2O. The molecule has 0 fully saturated rings. The highest BCUT2D eigenvalue weighted by atomic mass is 16.5. The van der Waals surface area contributed by atoms with Gasteiger partial charge in [-0.3, -0.25) is 0 Å². The van der Waals surface area contributed by atoms with Crippen LogP contribution in [0.1, 0.15) is 33.1 Å². The van der Waals surface area contributed by atoms with Crippen molar-refractivity contribution in [3.8, 4) is 0 Å². The molecule has 2 atom stereocenters. The Bertz CT molecular complexity index is 120. The summed E-state index contributed by atoms with van der Waals surface area (Å²) >= 11 is 0. The molecule has 0 amide bonds. The van der Waals surface area contributed by atoms with Crippen molar-refractivity contribution in [2.75, 3.05) is 26.7 Å². The smallest absolute Gasteiger partial charge is 0.0667 e. The Balaban J connectivity index is 3.13. The predicted molar refractivity (Wildman–Crippen MR) is 61.4 cm³/mol. The van der Waals surface area contributed by atoms with Gasteiger partial charge < -0.3 is 15.8 Å². The van der Waals surface area contributed by atoms with E-state index in [4.69, 9.17) is 10.5 Å². The summed E-state index contributed by atoms with van der Waals surface area (Å²) in [5.74, 6) is 0.765. The Morgan fingerprint density at radius 3 is 2.57 bits per heavy atom. The van der Waals surface area contributed by atoms with Crippen LogP contribution in [0, 0.1) is 5.92 Å². The second-order valence-electron chi connectivity index (χ2n) is 4.08. The first-order chi connectivity index (χ1) is 6.70. The molecule has 0 bridgehead atoms. The van der Waals surface area contributed by atoms with E-state index in [0.29, 0.717) is 6.10 Å². The first-order valence-corrected chi connectivity index (χ1v) is 5.64. The largest absolute Gasteiger partial charge is 0.380 e. The molecule has 0 aliphatic heterocycles. The zero-order valence-electron chi connectivity index (χ0n) is 9.88. The first kappa shape index (κ1) is 13.9. The molecule has 0 radical (unpaired) electrons. The van der Waals surface area contributed by atoms with Crippen molar-refractivity contribution in [3.63, 3.8) is 0 Å². The van der Waals surface area contributed by atoms with Gasteiger partial charge in [0, 0.05) is 13.7 Å². The van der Waals surface area contributed by atoms with Gasteiger partial charge in [-0.25, -0.2) is 0 Å². The minimum atomic E-state index is 0.316. The van der Waals surface area contributed by atoms with E-state index in [0.717, 1.165) is 32.0 Å². The Hall–Kier alpha value is -0.120. The fraction of sp³-hybridized carbons (Fsp3) is 1.00. The van der Waals surface area contributed by atoms with Crippen molar-refractivity contribution in [2.24, 2.45) is 11.7 Å². The second kappa shape index (κ2) is 9.44. The van der Waals surface area contributed by atoms with Crippen LogP contribution in [0.15, 0.2) is 0 Å². The van der Waals surface area contributed by atoms with E-state index in [1.807, 2.05) is 0 Å². The maximum Gasteiger partial charge on any atom is 0.0667 e. The highest BCUT2D eigenvalue weighted by Gasteiger charge is 2.01. The number of nitrogens with one attached hydrogen (secondary N) is 1. The van der Waals surface area contributed by atoms with E-state index < -0.39 is 0 Å². The Morgan fingerprint density at radius 2 is 2.00 bits per heavy atom. The van der Waals surface area contributed by atoms with Crippen molar-refractivity contribution in [1.29, 1.82) is 0 Å². The second-order valence-corrected chi connectivity index (χ2v) is 4.08. The predicted octanol–water partition coefficient (Wildman–Crippen LogP) is 1.38. The van der Waals surface area contributed by atoms with E-state index in [1.165, 1.54) is 12.8 Å². The highest BCUT2D eigenvalue weighted by molar-refractivity contribution is 4.58. The summed E-state index contributed by atoms with van der Waals surface area (Å²) in [7, 11) is 1.75. The monoisotopic (exact) mass is 202 g/mol. The van der Waals surface area contributed by atoms with Crippen LogP contribution in [-0.2, 0) is 4.74 Å². The third-order valence-electron chi connectivity index (χ3n) is 2.54. The molecule has 2 unspecified atom stereocenters. The molecule has 0 aliphatic carbocycles. The Kier molecular flexibility index (Phi) is 9.35. The standard InChI is InChI=1S/C11H26N2O/c1-10(6-7-12)5-4-8-13-9-11(2)14-3/h10-11,13H,4-9,12H2,1-3H3. The van der Waals surface area contributed by atoms with Gasteiger partial charge in [0.15, 0.2) is 0 Å². The van der Waals surface area contributed by atoms with E-state index in [2.05, 4.69) is 19.2 Å². The van der Waals surface area contributed by atoms with Crippen LogP contribution in [0.5, 0.6) is 0 Å². The van der Waals surface area contributed by atoms with Gasteiger partial charge >= 0.3 is 0 Å². The van der Waals surface area contributed by atoms with Gasteiger partial charge in [-0.2, -0.15) is 0 Å². The Labute approximate surface area is 88.4 Å². The van der Waals surface area contributed by atoms with E-state index in [-0.39, 0.29) is 0 Å². The lowest BCUT2D eigenvalue weighted by molar-refractivity contribution is 0.117. The number of rotatable bonds is 9. The molecule has 3 nitrogen and oxygen atoms in total. The minimum Gasteiger partial charge on any atom is -0.380 e. The molecule has 0 heterocycles. The molecule has 0 aromatic carbocycles. The van der Waals surface area contributed by atoms with Crippen LogP contribution < -0.4 is 11.1 Å². The molecule has 0 aromatic heterocycles. The maximum absolute atomic E-state index is 5.49. The number of ether oxygens (including phenoxy) is 1. The molecule has 0 aliphatic rings. The third-order valence-corrected chi connectivity index (χ3v) is 2.54. The summed E-state index contributed by atoms with van der Waals surface area (Å²) in [6.07, 6.45) is 3.97. The van der Waals surface area contributed by atoms with Gasteiger partial charge in [0.2, 0.25) is 0 Å². The van der Waals surface area contributed by atoms with Crippen molar-refractivity contribution >= 4 is 0 Å². The molecule has 0 rings (SSSR count). The first-order valence-electron chi connectivity index (χ1n) is 5.64. The number of nitrogens with two attached hydrogens (primary N) is 1. The fourth-order valence-electron chi connectivity index (χ4n) is 1.39. The van der Waals surface area contributed by atoms with E-state index in [9.17, 15) is 0 Å². The van der Waals surface area contributed by atoms with Gasteiger partial charge in [0.25, 0.3) is 0 Å². The summed E-state index contributed by atoms with van der Waals surface area (Å²) in [4.78, 5) is 0. The van der Waals surface area contributed by atoms with Crippen molar-refractivity contribution in [1.82, 2.24) is 5.32 Å².